The third-order valence-electron chi connectivity index (χ3n) is 3.68. The van der Waals surface area contributed by atoms with Gasteiger partial charge in [-0.2, -0.15) is 0 Å². The minimum Gasteiger partial charge on any atom is -0.496 e. The summed E-state index contributed by atoms with van der Waals surface area (Å²) in [6, 6.07) is 10.1. The number of hydrogen-bond acceptors (Lipinski definition) is 3. The molecule has 4 nitrogen and oxygen atoms in total. The Morgan fingerprint density at radius 2 is 1.78 bits per heavy atom. The lowest BCUT2D eigenvalue weighted by Gasteiger charge is -2.24. The van der Waals surface area contributed by atoms with Gasteiger partial charge in [0.1, 0.15) is 5.75 Å². The maximum absolute atomic E-state index is 13.0. The maximum atomic E-state index is 13.0. The van der Waals surface area contributed by atoms with E-state index >= 15 is 0 Å². The summed E-state index contributed by atoms with van der Waals surface area (Å²) in [5.74, 6) is 0.658. The zero-order valence-corrected chi connectivity index (χ0v) is 15.2. The summed E-state index contributed by atoms with van der Waals surface area (Å²) in [5, 5.41) is 0.544. The lowest BCUT2D eigenvalue weighted by Crippen LogP contribution is -2.30. The third-order valence-corrected chi connectivity index (χ3v) is 5.99. The van der Waals surface area contributed by atoms with Crippen LogP contribution >= 0.6 is 11.6 Å². The normalized spacial score (nSPS) is 11.3. The number of halogens is 1. The van der Waals surface area contributed by atoms with Crippen LogP contribution in [-0.2, 0) is 10.0 Å². The maximum Gasteiger partial charge on any atom is 0.264 e. The van der Waals surface area contributed by atoms with Gasteiger partial charge >= 0.3 is 0 Å². The number of rotatable bonds is 5. The fraction of sp³-hybridized carbons (Fsp3) is 0.294. The van der Waals surface area contributed by atoms with Gasteiger partial charge in [-0.1, -0.05) is 17.7 Å². The number of anilines is 1. The Hall–Kier alpha value is -1.72. The molecule has 0 spiro atoms. The van der Waals surface area contributed by atoms with E-state index in [-0.39, 0.29) is 4.90 Å². The molecule has 0 radical (unpaired) electrons. The first-order chi connectivity index (χ1) is 10.8. The molecule has 0 amide bonds. The Balaban J connectivity index is 2.50. The van der Waals surface area contributed by atoms with Crippen LogP contribution in [0, 0.1) is 13.8 Å². The predicted octanol–water partition coefficient (Wildman–Crippen LogP) is 4.18. The molecule has 0 aliphatic heterocycles. The van der Waals surface area contributed by atoms with Crippen LogP contribution < -0.4 is 9.04 Å². The van der Waals surface area contributed by atoms with Crippen LogP contribution in [0.4, 0.5) is 5.69 Å². The molecule has 23 heavy (non-hydrogen) atoms. The fourth-order valence-corrected chi connectivity index (χ4v) is 4.09. The van der Waals surface area contributed by atoms with Crippen LogP contribution in [0.25, 0.3) is 0 Å². The molecule has 0 aliphatic rings. The van der Waals surface area contributed by atoms with Crippen LogP contribution in [0.5, 0.6) is 5.75 Å². The summed E-state index contributed by atoms with van der Waals surface area (Å²) in [5.41, 5.74) is 2.23. The van der Waals surface area contributed by atoms with E-state index in [0.29, 0.717) is 23.0 Å². The summed E-state index contributed by atoms with van der Waals surface area (Å²) >= 11 is 6.14. The minimum absolute atomic E-state index is 0.231. The van der Waals surface area contributed by atoms with E-state index in [1.54, 1.807) is 44.4 Å². The largest absolute Gasteiger partial charge is 0.496 e. The summed E-state index contributed by atoms with van der Waals surface area (Å²) in [7, 11) is -2.10. The fourth-order valence-electron chi connectivity index (χ4n) is 2.37. The highest BCUT2D eigenvalue weighted by atomic mass is 35.5. The van der Waals surface area contributed by atoms with E-state index in [9.17, 15) is 8.42 Å². The standard InChI is InChI=1S/C17H20ClNO3S/c1-5-19(14-7-6-12(2)16(18)11-14)23(20,21)15-8-9-17(22-4)13(3)10-15/h6-11H,5H2,1-4H3. The number of methoxy groups -OCH3 is 1. The second-order valence-electron chi connectivity index (χ2n) is 5.23. The van der Waals surface area contributed by atoms with Crippen LogP contribution in [0.15, 0.2) is 41.3 Å². The van der Waals surface area contributed by atoms with Crippen molar-refractivity contribution in [1.82, 2.24) is 0 Å². The lowest BCUT2D eigenvalue weighted by atomic mass is 10.2. The number of benzene rings is 2. The molecule has 0 bridgehead atoms. The first-order valence-corrected chi connectivity index (χ1v) is 9.06. The molecule has 0 saturated carbocycles. The van der Waals surface area contributed by atoms with E-state index in [1.807, 2.05) is 19.9 Å². The highest BCUT2D eigenvalue weighted by Crippen LogP contribution is 2.29. The highest BCUT2D eigenvalue weighted by molar-refractivity contribution is 7.92. The molecule has 0 heterocycles. The molecule has 0 N–H and O–H groups in total. The van der Waals surface area contributed by atoms with Crippen molar-refractivity contribution in [1.29, 1.82) is 0 Å². The first kappa shape index (κ1) is 17.6. The second-order valence-corrected chi connectivity index (χ2v) is 7.50. The van der Waals surface area contributed by atoms with E-state index in [1.165, 1.54) is 4.31 Å². The number of aryl methyl sites for hydroxylation is 2. The summed E-state index contributed by atoms with van der Waals surface area (Å²) in [6.45, 7) is 5.80. The Labute approximate surface area is 142 Å². The van der Waals surface area contributed by atoms with Gasteiger partial charge in [0.15, 0.2) is 0 Å². The van der Waals surface area contributed by atoms with Crippen LogP contribution in [0.3, 0.4) is 0 Å². The van der Waals surface area contributed by atoms with Gasteiger partial charge in [0.25, 0.3) is 10.0 Å². The lowest BCUT2D eigenvalue weighted by molar-refractivity contribution is 0.411. The van der Waals surface area contributed by atoms with Gasteiger partial charge < -0.3 is 4.74 Å². The molecule has 0 aliphatic carbocycles. The monoisotopic (exact) mass is 353 g/mol. The number of ether oxygens (including phenoxy) is 1. The average molecular weight is 354 g/mol. The van der Waals surface area contributed by atoms with Gasteiger partial charge in [-0.25, -0.2) is 8.42 Å². The predicted molar refractivity (Wildman–Crippen MR) is 94.1 cm³/mol. The molecule has 2 rings (SSSR count). The highest BCUT2D eigenvalue weighted by Gasteiger charge is 2.24. The molecule has 0 unspecified atom stereocenters. The zero-order valence-electron chi connectivity index (χ0n) is 13.6. The van der Waals surface area contributed by atoms with Gasteiger partial charge in [-0.15, -0.1) is 0 Å². The summed E-state index contributed by atoms with van der Waals surface area (Å²) in [6.07, 6.45) is 0. The van der Waals surface area contributed by atoms with Gasteiger partial charge in [-0.3, -0.25) is 4.31 Å². The van der Waals surface area contributed by atoms with Crippen molar-refractivity contribution < 1.29 is 13.2 Å². The topological polar surface area (TPSA) is 46.6 Å². The third kappa shape index (κ3) is 3.46. The first-order valence-electron chi connectivity index (χ1n) is 7.24. The van der Waals surface area contributed by atoms with Crippen molar-refractivity contribution in [2.45, 2.75) is 25.7 Å². The van der Waals surface area contributed by atoms with Crippen molar-refractivity contribution in [2.75, 3.05) is 18.0 Å². The van der Waals surface area contributed by atoms with Gasteiger partial charge in [0.2, 0.25) is 0 Å². The quantitative estimate of drug-likeness (QED) is 0.810. The number of hydrogen-bond donors (Lipinski definition) is 0. The van der Waals surface area contributed by atoms with Gasteiger partial charge in [-0.05, 0) is 62.2 Å². The minimum atomic E-state index is -3.66. The Kier molecular flexibility index (Phi) is 5.22. The van der Waals surface area contributed by atoms with Crippen molar-refractivity contribution >= 4 is 27.3 Å². The van der Waals surface area contributed by atoms with E-state index < -0.39 is 10.0 Å². The van der Waals surface area contributed by atoms with Crippen molar-refractivity contribution in [3.8, 4) is 5.75 Å². The van der Waals surface area contributed by atoms with Crippen LogP contribution in [-0.4, -0.2) is 22.1 Å². The molecule has 0 saturated heterocycles. The number of sulfonamides is 1. The molecule has 0 fully saturated rings. The molecule has 2 aromatic carbocycles. The van der Waals surface area contributed by atoms with Gasteiger partial charge in [0, 0.05) is 11.6 Å². The van der Waals surface area contributed by atoms with Crippen molar-refractivity contribution in [3.63, 3.8) is 0 Å². The Morgan fingerprint density at radius 1 is 1.09 bits per heavy atom. The average Bonchev–Trinajstić information content (AvgIpc) is 2.51. The van der Waals surface area contributed by atoms with Crippen LogP contribution in [0.1, 0.15) is 18.1 Å². The smallest absolute Gasteiger partial charge is 0.264 e. The van der Waals surface area contributed by atoms with E-state index in [4.69, 9.17) is 16.3 Å². The molecular formula is C17H20ClNO3S. The molecule has 2 aromatic rings. The zero-order chi connectivity index (χ0) is 17.2. The van der Waals surface area contributed by atoms with Crippen molar-refractivity contribution in [3.05, 3.63) is 52.5 Å². The Morgan fingerprint density at radius 3 is 2.30 bits per heavy atom. The second kappa shape index (κ2) is 6.81. The summed E-state index contributed by atoms with van der Waals surface area (Å²) < 4.78 is 32.4. The molecule has 6 heteroatoms. The SMILES string of the molecule is CCN(c1ccc(C)c(Cl)c1)S(=O)(=O)c1ccc(OC)c(C)c1. The van der Waals surface area contributed by atoms with Crippen LogP contribution in [0.2, 0.25) is 5.02 Å². The molecule has 0 atom stereocenters. The summed E-state index contributed by atoms with van der Waals surface area (Å²) in [4.78, 5) is 0.231. The molecule has 0 aromatic heterocycles. The Bertz CT molecular complexity index is 819. The number of nitrogens with zero attached hydrogens (tertiary/aromatic N) is 1. The van der Waals surface area contributed by atoms with E-state index in [0.717, 1.165) is 11.1 Å². The van der Waals surface area contributed by atoms with Gasteiger partial charge in [0.05, 0.1) is 17.7 Å². The van der Waals surface area contributed by atoms with E-state index in [2.05, 4.69) is 0 Å². The molecular weight excluding hydrogens is 334 g/mol. The van der Waals surface area contributed by atoms with Crippen molar-refractivity contribution in [2.24, 2.45) is 0 Å². The molecule has 124 valence electrons.